The summed E-state index contributed by atoms with van der Waals surface area (Å²) in [5.41, 5.74) is -3.61. The molecule has 2 aromatic rings. The summed E-state index contributed by atoms with van der Waals surface area (Å²) < 4.78 is 76.8. The maximum Gasteiger partial charge on any atom is 0.396 e. The van der Waals surface area contributed by atoms with E-state index in [1.54, 1.807) is 0 Å². The van der Waals surface area contributed by atoms with Gasteiger partial charge in [0, 0.05) is 0 Å². The third kappa shape index (κ3) is 6.16. The van der Waals surface area contributed by atoms with Crippen LogP contribution in [0.4, 0.5) is 28.9 Å². The smallest absolute Gasteiger partial charge is 0.396 e. The fraction of sp³-hybridized carbons (Fsp3) is 0.250. The summed E-state index contributed by atoms with van der Waals surface area (Å²) >= 11 is 0. The minimum Gasteiger partial charge on any atom is -0.465 e. The zero-order valence-electron chi connectivity index (χ0n) is 21.1. The summed E-state index contributed by atoms with van der Waals surface area (Å²) in [7, 11) is 3.73. The van der Waals surface area contributed by atoms with Crippen molar-refractivity contribution in [1.82, 2.24) is 0 Å². The second kappa shape index (κ2) is 12.2. The van der Waals surface area contributed by atoms with E-state index in [1.165, 1.54) is 10.6 Å². The molecule has 214 valence electrons. The van der Waals surface area contributed by atoms with Crippen molar-refractivity contribution >= 4 is 47.1 Å². The third-order valence-corrected chi connectivity index (χ3v) is 5.15. The van der Waals surface area contributed by atoms with Gasteiger partial charge >= 0.3 is 47.5 Å². The Morgan fingerprint density at radius 2 is 0.850 bits per heavy atom. The number of hydrogen-bond acceptors (Lipinski definition) is 10. The number of amides is 2. The van der Waals surface area contributed by atoms with Crippen molar-refractivity contribution in [3.8, 4) is 0 Å². The molecule has 0 aliphatic rings. The molecule has 0 heterocycles. The lowest BCUT2D eigenvalue weighted by molar-refractivity contribution is -0.204. The topological polar surface area (TPSA) is 163 Å². The highest BCUT2D eigenvalue weighted by atomic mass is 19.3. The van der Waals surface area contributed by atoms with Gasteiger partial charge in [-0.2, -0.15) is 17.6 Å². The van der Waals surface area contributed by atoms with Crippen LogP contribution >= 0.6 is 0 Å². The molecule has 0 aliphatic carbocycles. The molecule has 0 spiro atoms. The Kier molecular flexibility index (Phi) is 9.54. The summed E-state index contributed by atoms with van der Waals surface area (Å²) in [4.78, 5) is 72.1. The van der Waals surface area contributed by atoms with Crippen molar-refractivity contribution in [1.29, 1.82) is 0 Å². The lowest BCUT2D eigenvalue weighted by Gasteiger charge is -2.25. The fourth-order valence-corrected chi connectivity index (χ4v) is 3.05. The number of rotatable bonds is 9. The van der Waals surface area contributed by atoms with Crippen LogP contribution in [0.15, 0.2) is 36.4 Å². The number of benzene rings is 2. The Morgan fingerprint density at radius 1 is 0.550 bits per heavy atom. The molecule has 0 saturated heterocycles. The number of hydrogen-bond donors (Lipinski definition) is 2. The number of ether oxygens (including phenoxy) is 4. The Labute approximate surface area is 222 Å². The van der Waals surface area contributed by atoms with Crippen molar-refractivity contribution in [3.05, 3.63) is 58.7 Å². The van der Waals surface area contributed by atoms with Gasteiger partial charge in [0.25, 0.3) is 0 Å². The van der Waals surface area contributed by atoms with Crippen LogP contribution in [-0.2, 0) is 28.5 Å². The molecule has 0 atom stereocenters. The molecule has 0 unspecified atom stereocenters. The van der Waals surface area contributed by atoms with Crippen LogP contribution in [0.25, 0.3) is 0 Å². The van der Waals surface area contributed by atoms with Crippen LogP contribution in [0, 0.1) is 0 Å². The standard InChI is InChI=1S/C24H20F4N2O10/c1-37-17(31)11-5-7-13(19(33)39-3)15(9-11)29-21(35)23(25,26)24(27,28)22(36)30-16-10-12(18(32)38-2)6-8-14(16)20(34)40-4/h5-10H,1-4H3,(H,29,35)(H,30,36). The highest BCUT2D eigenvalue weighted by Gasteiger charge is 2.67. The van der Waals surface area contributed by atoms with Crippen molar-refractivity contribution in [2.45, 2.75) is 11.8 Å². The minimum atomic E-state index is -5.78. The van der Waals surface area contributed by atoms with E-state index < -0.39 is 70.0 Å². The Morgan fingerprint density at radius 3 is 1.12 bits per heavy atom. The van der Waals surface area contributed by atoms with Gasteiger partial charge in [-0.1, -0.05) is 0 Å². The molecule has 2 amide bonds. The highest BCUT2D eigenvalue weighted by molar-refractivity contribution is 6.10. The summed E-state index contributed by atoms with van der Waals surface area (Å²) in [6, 6.07) is 5.14. The van der Waals surface area contributed by atoms with Crippen LogP contribution in [0.5, 0.6) is 0 Å². The molecule has 0 fully saturated rings. The fourth-order valence-electron chi connectivity index (χ4n) is 3.05. The SMILES string of the molecule is COC(=O)c1ccc(C(=O)OC)c(NC(=O)C(F)(F)C(F)(F)C(=O)Nc2cc(C(=O)OC)ccc2C(=O)OC)c1. The van der Waals surface area contributed by atoms with Gasteiger partial charge < -0.3 is 29.6 Å². The molecule has 0 aromatic heterocycles. The molecule has 0 radical (unpaired) electrons. The van der Waals surface area contributed by atoms with E-state index in [0.29, 0.717) is 12.1 Å². The first kappa shape index (κ1) is 31.2. The zero-order chi connectivity index (χ0) is 30.4. The number of nitrogens with one attached hydrogen (secondary N) is 2. The Bertz CT molecular complexity index is 1270. The molecule has 2 rings (SSSR count). The minimum absolute atomic E-state index is 0.362. The van der Waals surface area contributed by atoms with Crippen molar-refractivity contribution in [3.63, 3.8) is 0 Å². The second-order valence-electron chi connectivity index (χ2n) is 7.54. The molecule has 0 bridgehead atoms. The number of methoxy groups -OCH3 is 4. The maximum atomic E-state index is 14.8. The van der Waals surface area contributed by atoms with Gasteiger partial charge in [-0.25, -0.2) is 19.2 Å². The molecule has 0 aliphatic heterocycles. The van der Waals surface area contributed by atoms with Gasteiger partial charge in [-0.15, -0.1) is 0 Å². The first-order valence-electron chi connectivity index (χ1n) is 10.7. The van der Waals surface area contributed by atoms with E-state index >= 15 is 0 Å². The monoisotopic (exact) mass is 572 g/mol. The molecule has 2 aromatic carbocycles. The van der Waals surface area contributed by atoms with Crippen molar-refractivity contribution < 1.29 is 65.3 Å². The normalized spacial score (nSPS) is 11.1. The van der Waals surface area contributed by atoms with E-state index in [4.69, 9.17) is 0 Å². The van der Waals surface area contributed by atoms with Gasteiger partial charge in [0.1, 0.15) is 0 Å². The zero-order valence-corrected chi connectivity index (χ0v) is 21.1. The average Bonchev–Trinajstić information content (AvgIpc) is 2.94. The third-order valence-electron chi connectivity index (χ3n) is 5.15. The van der Waals surface area contributed by atoms with Crippen LogP contribution in [0.2, 0.25) is 0 Å². The van der Waals surface area contributed by atoms with Gasteiger partial charge in [0.05, 0.1) is 62.1 Å². The second-order valence-corrected chi connectivity index (χ2v) is 7.54. The van der Waals surface area contributed by atoms with Gasteiger partial charge in [0.15, 0.2) is 0 Å². The predicted octanol–water partition coefficient (Wildman–Crippen LogP) is 2.68. The number of carbonyl (C=O) groups is 6. The number of alkyl halides is 4. The van der Waals surface area contributed by atoms with Crippen molar-refractivity contribution in [2.75, 3.05) is 39.1 Å². The summed E-state index contributed by atoms with van der Waals surface area (Å²) in [5, 5.41) is 2.78. The predicted molar refractivity (Wildman–Crippen MR) is 125 cm³/mol. The summed E-state index contributed by atoms with van der Waals surface area (Å²) in [6.45, 7) is 0. The molecular formula is C24H20F4N2O10. The number of halogens is 4. The molecule has 16 heteroatoms. The number of carbonyl (C=O) groups excluding carboxylic acids is 6. The highest BCUT2D eigenvalue weighted by Crippen LogP contribution is 2.37. The number of anilines is 2. The summed E-state index contributed by atoms with van der Waals surface area (Å²) in [5.74, 6) is -21.5. The van der Waals surface area contributed by atoms with Gasteiger partial charge in [0.2, 0.25) is 0 Å². The molecular weight excluding hydrogens is 552 g/mol. The first-order chi connectivity index (χ1) is 18.7. The summed E-state index contributed by atoms with van der Waals surface area (Å²) in [6.07, 6.45) is 0. The van der Waals surface area contributed by atoms with E-state index in [0.717, 1.165) is 52.7 Å². The average molecular weight is 572 g/mol. The quantitative estimate of drug-likeness (QED) is 0.259. The first-order valence-corrected chi connectivity index (χ1v) is 10.7. The van der Waals surface area contributed by atoms with Crippen LogP contribution in [-0.4, -0.2) is 76.0 Å². The van der Waals surface area contributed by atoms with Crippen LogP contribution in [0.3, 0.4) is 0 Å². The van der Waals surface area contributed by atoms with Gasteiger partial charge in [-0.3, -0.25) is 9.59 Å². The van der Waals surface area contributed by atoms with Gasteiger partial charge in [-0.05, 0) is 36.4 Å². The molecule has 40 heavy (non-hydrogen) atoms. The number of esters is 4. The van der Waals surface area contributed by atoms with Crippen LogP contribution in [0.1, 0.15) is 41.4 Å². The molecule has 2 N–H and O–H groups in total. The lowest BCUT2D eigenvalue weighted by Crippen LogP contribution is -2.56. The van der Waals surface area contributed by atoms with E-state index in [2.05, 4.69) is 18.9 Å². The van der Waals surface area contributed by atoms with Crippen molar-refractivity contribution in [2.24, 2.45) is 0 Å². The maximum absolute atomic E-state index is 14.8. The Balaban J connectivity index is 2.46. The van der Waals surface area contributed by atoms with E-state index in [-0.39, 0.29) is 11.1 Å². The lowest BCUT2D eigenvalue weighted by atomic mass is 10.1. The Hall–Kier alpha value is -5.02. The van der Waals surface area contributed by atoms with E-state index in [1.807, 2.05) is 0 Å². The molecule has 0 saturated carbocycles. The molecule has 12 nitrogen and oxygen atoms in total. The van der Waals surface area contributed by atoms with E-state index in [9.17, 15) is 46.3 Å². The van der Waals surface area contributed by atoms with Crippen LogP contribution < -0.4 is 10.6 Å². The largest absolute Gasteiger partial charge is 0.465 e.